The summed E-state index contributed by atoms with van der Waals surface area (Å²) in [4.78, 5) is 12.8. The van der Waals surface area contributed by atoms with Gasteiger partial charge in [-0.1, -0.05) is 25.5 Å². The van der Waals surface area contributed by atoms with Crippen LogP contribution in [0.15, 0.2) is 24.3 Å². The molecule has 0 unspecified atom stereocenters. The number of halogens is 2. The smallest absolute Gasteiger partial charge is 0.273 e. The Balaban J connectivity index is 2.60. The lowest BCUT2D eigenvalue weighted by molar-refractivity contribution is -0.129. The van der Waals surface area contributed by atoms with E-state index in [1.54, 1.807) is 26.2 Å². The van der Waals surface area contributed by atoms with Gasteiger partial charge in [-0.25, -0.2) is 8.78 Å². The van der Waals surface area contributed by atoms with E-state index in [9.17, 15) is 13.6 Å². The summed E-state index contributed by atoms with van der Waals surface area (Å²) in [6.45, 7) is 2.58. The topological polar surface area (TPSA) is 29.5 Å². The third kappa shape index (κ3) is 6.00. The van der Waals surface area contributed by atoms with Crippen LogP contribution in [-0.4, -0.2) is 31.5 Å². The molecule has 0 heterocycles. The van der Waals surface area contributed by atoms with E-state index in [1.807, 2.05) is 6.92 Å². The first kappa shape index (κ1) is 18.4. The normalized spacial score (nSPS) is 11.3. The molecular formula is C17H25F2NO2. The van der Waals surface area contributed by atoms with Gasteiger partial charge in [0, 0.05) is 32.5 Å². The van der Waals surface area contributed by atoms with E-state index in [4.69, 9.17) is 4.74 Å². The van der Waals surface area contributed by atoms with Gasteiger partial charge in [0.15, 0.2) is 0 Å². The number of ether oxygens (including phenoxy) is 1. The molecule has 0 atom stereocenters. The van der Waals surface area contributed by atoms with Gasteiger partial charge in [-0.15, -0.1) is 0 Å². The van der Waals surface area contributed by atoms with Gasteiger partial charge < -0.3 is 9.64 Å². The number of hydrogen-bond acceptors (Lipinski definition) is 2. The van der Waals surface area contributed by atoms with Gasteiger partial charge in [0.1, 0.15) is 5.75 Å². The lowest BCUT2D eigenvalue weighted by Gasteiger charge is -2.18. The zero-order valence-corrected chi connectivity index (χ0v) is 13.6. The number of unbranched alkanes of at least 4 members (excludes halogenated alkanes) is 1. The molecule has 0 aromatic heterocycles. The van der Waals surface area contributed by atoms with Crippen molar-refractivity contribution in [3.05, 3.63) is 29.8 Å². The van der Waals surface area contributed by atoms with Crippen molar-refractivity contribution < 1.29 is 18.3 Å². The molecule has 0 saturated carbocycles. The molecule has 5 heteroatoms. The van der Waals surface area contributed by atoms with Crippen LogP contribution in [0.4, 0.5) is 8.78 Å². The zero-order valence-electron chi connectivity index (χ0n) is 13.6. The van der Waals surface area contributed by atoms with E-state index in [0.717, 1.165) is 12.8 Å². The minimum absolute atomic E-state index is 0.0567. The van der Waals surface area contributed by atoms with E-state index < -0.39 is 5.92 Å². The largest absolute Gasteiger partial charge is 0.494 e. The molecule has 124 valence electrons. The van der Waals surface area contributed by atoms with Crippen molar-refractivity contribution in [3.63, 3.8) is 0 Å². The van der Waals surface area contributed by atoms with Crippen LogP contribution in [0, 0.1) is 0 Å². The SMILES string of the molecule is CCCCOc1cccc(C(F)(F)CCCC(=O)N(C)C)c1. The number of rotatable bonds is 9. The fourth-order valence-corrected chi connectivity index (χ4v) is 1.98. The standard InChI is InChI=1S/C17H25F2NO2/c1-4-5-12-22-15-9-6-8-14(13-15)17(18,19)11-7-10-16(21)20(2)3/h6,8-9,13H,4-5,7,10-12H2,1-3H3. The highest BCUT2D eigenvalue weighted by Gasteiger charge is 2.31. The van der Waals surface area contributed by atoms with Crippen molar-refractivity contribution in [2.75, 3.05) is 20.7 Å². The summed E-state index contributed by atoms with van der Waals surface area (Å²) in [6.07, 6.45) is 1.84. The molecule has 0 bridgehead atoms. The van der Waals surface area contributed by atoms with Crippen LogP contribution < -0.4 is 4.74 Å². The van der Waals surface area contributed by atoms with Gasteiger partial charge in [-0.05, 0) is 25.0 Å². The second kappa shape index (κ2) is 8.71. The Hall–Kier alpha value is -1.65. The molecule has 0 radical (unpaired) electrons. The summed E-state index contributed by atoms with van der Waals surface area (Å²) < 4.78 is 33.9. The van der Waals surface area contributed by atoms with Gasteiger partial charge in [-0.3, -0.25) is 4.79 Å². The molecular weight excluding hydrogens is 288 g/mol. The molecule has 1 rings (SSSR count). The maximum Gasteiger partial charge on any atom is 0.273 e. The fraction of sp³-hybridized carbons (Fsp3) is 0.588. The van der Waals surface area contributed by atoms with Crippen molar-refractivity contribution in [2.24, 2.45) is 0 Å². The molecule has 1 aromatic carbocycles. The van der Waals surface area contributed by atoms with Crippen molar-refractivity contribution in [1.29, 1.82) is 0 Å². The summed E-state index contributed by atoms with van der Waals surface area (Å²) in [5, 5.41) is 0. The van der Waals surface area contributed by atoms with Gasteiger partial charge >= 0.3 is 0 Å². The Morgan fingerprint density at radius 2 is 2.00 bits per heavy atom. The van der Waals surface area contributed by atoms with Crippen molar-refractivity contribution in [1.82, 2.24) is 4.90 Å². The van der Waals surface area contributed by atoms with Gasteiger partial charge in [0.2, 0.25) is 5.91 Å². The molecule has 22 heavy (non-hydrogen) atoms. The van der Waals surface area contributed by atoms with Crippen molar-refractivity contribution >= 4 is 5.91 Å². The fourth-order valence-electron chi connectivity index (χ4n) is 1.98. The Kier molecular flexibility index (Phi) is 7.28. The van der Waals surface area contributed by atoms with E-state index in [1.165, 1.54) is 17.0 Å². The second-order valence-electron chi connectivity index (χ2n) is 5.58. The highest BCUT2D eigenvalue weighted by atomic mass is 19.3. The number of nitrogens with zero attached hydrogens (tertiary/aromatic N) is 1. The van der Waals surface area contributed by atoms with Crippen LogP contribution in [0.5, 0.6) is 5.75 Å². The first-order chi connectivity index (χ1) is 10.4. The third-order valence-corrected chi connectivity index (χ3v) is 3.40. The summed E-state index contributed by atoms with van der Waals surface area (Å²) in [5.41, 5.74) is -0.0567. The molecule has 1 amide bonds. The van der Waals surface area contributed by atoms with Crippen molar-refractivity contribution in [3.8, 4) is 5.75 Å². The van der Waals surface area contributed by atoms with Crippen LogP contribution in [0.1, 0.15) is 44.6 Å². The quantitative estimate of drug-likeness (QED) is 0.639. The van der Waals surface area contributed by atoms with Gasteiger partial charge in [0.25, 0.3) is 5.92 Å². The predicted molar refractivity (Wildman–Crippen MR) is 83.3 cm³/mol. The number of carbonyl (C=O) groups is 1. The van der Waals surface area contributed by atoms with E-state index in [2.05, 4.69) is 0 Å². The maximum absolute atomic E-state index is 14.2. The first-order valence-electron chi connectivity index (χ1n) is 7.68. The second-order valence-corrected chi connectivity index (χ2v) is 5.58. The number of hydrogen-bond donors (Lipinski definition) is 0. The van der Waals surface area contributed by atoms with Crippen LogP contribution >= 0.6 is 0 Å². The molecule has 0 saturated heterocycles. The van der Waals surface area contributed by atoms with Crippen LogP contribution in [-0.2, 0) is 10.7 Å². The Morgan fingerprint density at radius 3 is 2.64 bits per heavy atom. The molecule has 0 fully saturated rings. The Labute approximate surface area is 131 Å². The highest BCUT2D eigenvalue weighted by molar-refractivity contribution is 5.75. The summed E-state index contributed by atoms with van der Waals surface area (Å²) in [7, 11) is 3.25. The van der Waals surface area contributed by atoms with E-state index >= 15 is 0 Å². The minimum Gasteiger partial charge on any atom is -0.494 e. The number of benzene rings is 1. The van der Waals surface area contributed by atoms with Crippen molar-refractivity contribution in [2.45, 2.75) is 45.0 Å². The number of amides is 1. The molecule has 3 nitrogen and oxygen atoms in total. The van der Waals surface area contributed by atoms with Gasteiger partial charge in [-0.2, -0.15) is 0 Å². The number of carbonyl (C=O) groups excluding carboxylic acids is 1. The molecule has 0 N–H and O–H groups in total. The molecule has 0 spiro atoms. The first-order valence-corrected chi connectivity index (χ1v) is 7.68. The summed E-state index contributed by atoms with van der Waals surface area (Å²) >= 11 is 0. The maximum atomic E-state index is 14.2. The molecule has 0 aliphatic heterocycles. The third-order valence-electron chi connectivity index (χ3n) is 3.40. The lowest BCUT2D eigenvalue weighted by Crippen LogP contribution is -2.22. The van der Waals surface area contributed by atoms with E-state index in [0.29, 0.717) is 12.4 Å². The molecule has 1 aromatic rings. The Bertz CT molecular complexity index is 475. The van der Waals surface area contributed by atoms with Crippen LogP contribution in [0.25, 0.3) is 0 Å². The number of alkyl halides is 2. The highest BCUT2D eigenvalue weighted by Crippen LogP contribution is 2.35. The van der Waals surface area contributed by atoms with Gasteiger partial charge in [0.05, 0.1) is 6.61 Å². The Morgan fingerprint density at radius 1 is 1.27 bits per heavy atom. The van der Waals surface area contributed by atoms with Crippen LogP contribution in [0.2, 0.25) is 0 Å². The average molecular weight is 313 g/mol. The van der Waals surface area contributed by atoms with Crippen LogP contribution in [0.3, 0.4) is 0 Å². The predicted octanol–water partition coefficient (Wildman–Crippen LogP) is 4.22. The average Bonchev–Trinajstić information content (AvgIpc) is 2.47. The summed E-state index contributed by atoms with van der Waals surface area (Å²) in [5.74, 6) is -2.61. The lowest BCUT2D eigenvalue weighted by atomic mass is 10.0. The van der Waals surface area contributed by atoms with E-state index in [-0.39, 0.29) is 30.7 Å². The monoisotopic (exact) mass is 313 g/mol. The molecule has 0 aliphatic rings. The molecule has 0 aliphatic carbocycles. The zero-order chi connectivity index (χ0) is 16.6. The summed E-state index contributed by atoms with van der Waals surface area (Å²) in [6, 6.07) is 6.06. The minimum atomic E-state index is -2.95.